The molecule has 21 heavy (non-hydrogen) atoms. The Hall–Kier alpha value is -2.40. The lowest BCUT2D eigenvalue weighted by molar-refractivity contribution is 0.0694. The van der Waals surface area contributed by atoms with Gasteiger partial charge >= 0.3 is 5.97 Å². The summed E-state index contributed by atoms with van der Waals surface area (Å²) in [6.45, 7) is 0. The number of hydrogen-bond donors (Lipinski definition) is 1. The minimum Gasteiger partial charge on any atom is -0.478 e. The molecule has 0 saturated heterocycles. The number of rotatable bonds is 3. The fourth-order valence-corrected chi connectivity index (χ4v) is 2.62. The van der Waals surface area contributed by atoms with E-state index >= 15 is 0 Å². The number of carbonyl (C=O) groups is 1. The van der Waals surface area contributed by atoms with E-state index in [1.54, 1.807) is 6.07 Å². The van der Waals surface area contributed by atoms with Crippen LogP contribution in [-0.2, 0) is 0 Å². The lowest BCUT2D eigenvalue weighted by Gasteiger charge is -2.11. The largest absolute Gasteiger partial charge is 0.478 e. The van der Waals surface area contributed by atoms with E-state index < -0.39 is 5.97 Å². The maximum Gasteiger partial charge on any atom is 0.339 e. The number of benzene rings is 2. The lowest BCUT2D eigenvalue weighted by atomic mass is 10.1. The second-order valence-electron chi connectivity index (χ2n) is 4.38. The molecule has 1 aromatic heterocycles. The molecule has 0 atom stereocenters. The summed E-state index contributed by atoms with van der Waals surface area (Å²) in [4.78, 5) is 15.1. The van der Waals surface area contributed by atoms with Crippen LogP contribution in [0.3, 0.4) is 0 Å². The SMILES string of the molecule is O=C(O)c1ccncc1Oc1ccc2ccccc2c1Br. The molecule has 3 aromatic rings. The summed E-state index contributed by atoms with van der Waals surface area (Å²) in [5.41, 5.74) is 0.0741. The van der Waals surface area contributed by atoms with Gasteiger partial charge in [-0.05, 0) is 38.8 Å². The first-order valence-corrected chi connectivity index (χ1v) is 6.98. The summed E-state index contributed by atoms with van der Waals surface area (Å²) in [6, 6.07) is 13.0. The van der Waals surface area contributed by atoms with Gasteiger partial charge in [0.1, 0.15) is 11.3 Å². The predicted octanol–water partition coefficient (Wildman–Crippen LogP) is 4.49. The highest BCUT2D eigenvalue weighted by Gasteiger charge is 2.14. The van der Waals surface area contributed by atoms with Gasteiger partial charge in [-0.15, -0.1) is 0 Å². The topological polar surface area (TPSA) is 59.4 Å². The number of aromatic nitrogens is 1. The number of carboxylic acids is 1. The highest BCUT2D eigenvalue weighted by atomic mass is 79.9. The number of aromatic carboxylic acids is 1. The van der Waals surface area contributed by atoms with E-state index in [1.165, 1.54) is 18.5 Å². The van der Waals surface area contributed by atoms with E-state index in [0.717, 1.165) is 15.2 Å². The van der Waals surface area contributed by atoms with Crippen LogP contribution in [0.2, 0.25) is 0 Å². The summed E-state index contributed by atoms with van der Waals surface area (Å²) in [5.74, 6) is -0.297. The molecular weight excluding hydrogens is 334 g/mol. The van der Waals surface area contributed by atoms with Crippen LogP contribution >= 0.6 is 15.9 Å². The molecule has 0 saturated carbocycles. The maximum atomic E-state index is 11.2. The first-order valence-electron chi connectivity index (χ1n) is 6.19. The quantitative estimate of drug-likeness (QED) is 0.761. The number of pyridine rings is 1. The summed E-state index contributed by atoms with van der Waals surface area (Å²) < 4.78 is 6.50. The first-order chi connectivity index (χ1) is 10.2. The van der Waals surface area contributed by atoms with Crippen molar-refractivity contribution in [2.45, 2.75) is 0 Å². The fourth-order valence-electron chi connectivity index (χ4n) is 2.05. The second-order valence-corrected chi connectivity index (χ2v) is 5.17. The number of ether oxygens (including phenoxy) is 1. The van der Waals surface area contributed by atoms with Gasteiger partial charge in [-0.2, -0.15) is 0 Å². The highest BCUT2D eigenvalue weighted by Crippen LogP contribution is 2.36. The molecule has 2 aromatic carbocycles. The molecule has 0 amide bonds. The summed E-state index contributed by atoms with van der Waals surface area (Å²) >= 11 is 3.51. The molecule has 0 radical (unpaired) electrons. The number of fused-ring (bicyclic) bond motifs is 1. The Balaban J connectivity index is 2.07. The van der Waals surface area contributed by atoms with Crippen molar-refractivity contribution in [1.82, 2.24) is 4.98 Å². The van der Waals surface area contributed by atoms with Crippen LogP contribution < -0.4 is 4.74 Å². The molecule has 0 unspecified atom stereocenters. The van der Waals surface area contributed by atoms with Gasteiger partial charge in [0.2, 0.25) is 0 Å². The van der Waals surface area contributed by atoms with Crippen LogP contribution in [0, 0.1) is 0 Å². The van der Waals surface area contributed by atoms with Crippen molar-refractivity contribution in [3.63, 3.8) is 0 Å². The zero-order valence-corrected chi connectivity index (χ0v) is 12.4. The Labute approximate surface area is 129 Å². The molecule has 0 aliphatic carbocycles. The third-order valence-corrected chi connectivity index (χ3v) is 3.88. The normalized spacial score (nSPS) is 10.5. The number of halogens is 1. The van der Waals surface area contributed by atoms with Crippen LogP contribution in [0.15, 0.2) is 59.3 Å². The maximum absolute atomic E-state index is 11.2. The average molecular weight is 344 g/mol. The minimum absolute atomic E-state index is 0.0741. The van der Waals surface area contributed by atoms with Crippen LogP contribution in [0.4, 0.5) is 0 Å². The Morgan fingerprint density at radius 2 is 1.90 bits per heavy atom. The zero-order valence-electron chi connectivity index (χ0n) is 10.8. The smallest absolute Gasteiger partial charge is 0.339 e. The standard InChI is InChI=1S/C16H10BrNO3/c17-15-11-4-2-1-3-10(11)5-6-13(15)21-14-9-18-8-7-12(14)16(19)20/h1-9H,(H,19,20). The molecule has 0 fully saturated rings. The van der Waals surface area contributed by atoms with E-state index in [-0.39, 0.29) is 11.3 Å². The Bertz CT molecular complexity index is 833. The Morgan fingerprint density at radius 3 is 2.71 bits per heavy atom. The van der Waals surface area contributed by atoms with Gasteiger partial charge in [0, 0.05) is 6.20 Å². The van der Waals surface area contributed by atoms with Crippen molar-refractivity contribution in [3.05, 3.63) is 64.9 Å². The van der Waals surface area contributed by atoms with Gasteiger partial charge in [0.15, 0.2) is 5.75 Å². The Kier molecular flexibility index (Phi) is 3.58. The summed E-state index contributed by atoms with van der Waals surface area (Å²) in [7, 11) is 0. The number of nitrogens with zero attached hydrogens (tertiary/aromatic N) is 1. The van der Waals surface area contributed by atoms with Gasteiger partial charge in [0.05, 0.1) is 10.7 Å². The van der Waals surface area contributed by atoms with Gasteiger partial charge in [-0.1, -0.05) is 30.3 Å². The molecule has 0 bridgehead atoms. The molecule has 0 aliphatic heterocycles. The molecule has 104 valence electrons. The van der Waals surface area contributed by atoms with Crippen molar-refractivity contribution in [2.75, 3.05) is 0 Å². The van der Waals surface area contributed by atoms with Gasteiger partial charge < -0.3 is 9.84 Å². The van der Waals surface area contributed by atoms with Crippen molar-refractivity contribution >= 4 is 32.7 Å². The third-order valence-electron chi connectivity index (χ3n) is 3.06. The molecular formula is C16H10BrNO3. The summed E-state index contributed by atoms with van der Waals surface area (Å²) in [6.07, 6.45) is 2.82. The van der Waals surface area contributed by atoms with Gasteiger partial charge in [-0.25, -0.2) is 4.79 Å². The van der Waals surface area contributed by atoms with Crippen LogP contribution in [-0.4, -0.2) is 16.1 Å². The van der Waals surface area contributed by atoms with E-state index in [1.807, 2.05) is 30.3 Å². The van der Waals surface area contributed by atoms with E-state index in [2.05, 4.69) is 20.9 Å². The summed E-state index contributed by atoms with van der Waals surface area (Å²) in [5, 5.41) is 11.2. The fraction of sp³-hybridized carbons (Fsp3) is 0. The number of hydrogen-bond acceptors (Lipinski definition) is 3. The zero-order chi connectivity index (χ0) is 14.8. The van der Waals surface area contributed by atoms with Crippen molar-refractivity contribution < 1.29 is 14.6 Å². The average Bonchev–Trinajstić information content (AvgIpc) is 2.51. The van der Waals surface area contributed by atoms with Crippen LogP contribution in [0.1, 0.15) is 10.4 Å². The van der Waals surface area contributed by atoms with Crippen molar-refractivity contribution in [2.24, 2.45) is 0 Å². The van der Waals surface area contributed by atoms with Gasteiger partial charge in [0.25, 0.3) is 0 Å². The first kappa shape index (κ1) is 13.6. The second kappa shape index (κ2) is 5.54. The highest BCUT2D eigenvalue weighted by molar-refractivity contribution is 9.10. The third kappa shape index (κ3) is 2.60. The molecule has 0 spiro atoms. The molecule has 0 aliphatic rings. The molecule has 4 nitrogen and oxygen atoms in total. The lowest BCUT2D eigenvalue weighted by Crippen LogP contribution is -2.00. The van der Waals surface area contributed by atoms with E-state index in [4.69, 9.17) is 9.84 Å². The van der Waals surface area contributed by atoms with Gasteiger partial charge in [-0.3, -0.25) is 4.98 Å². The molecule has 1 N–H and O–H groups in total. The molecule has 3 rings (SSSR count). The van der Waals surface area contributed by atoms with Crippen molar-refractivity contribution in [3.8, 4) is 11.5 Å². The monoisotopic (exact) mass is 343 g/mol. The molecule has 5 heteroatoms. The van der Waals surface area contributed by atoms with E-state index in [9.17, 15) is 4.79 Å². The predicted molar refractivity (Wildman–Crippen MR) is 82.9 cm³/mol. The van der Waals surface area contributed by atoms with E-state index in [0.29, 0.717) is 5.75 Å². The van der Waals surface area contributed by atoms with Crippen LogP contribution in [0.25, 0.3) is 10.8 Å². The number of carboxylic acid groups (broad SMARTS) is 1. The molecule has 1 heterocycles. The minimum atomic E-state index is -1.05. The van der Waals surface area contributed by atoms with Crippen molar-refractivity contribution in [1.29, 1.82) is 0 Å². The van der Waals surface area contributed by atoms with Crippen LogP contribution in [0.5, 0.6) is 11.5 Å². The Morgan fingerprint density at radius 1 is 1.10 bits per heavy atom.